The van der Waals surface area contributed by atoms with Crippen LogP contribution in [-0.4, -0.2) is 22.5 Å². The van der Waals surface area contributed by atoms with E-state index in [4.69, 9.17) is 0 Å². The van der Waals surface area contributed by atoms with Gasteiger partial charge in [0.2, 0.25) is 0 Å². The maximum Gasteiger partial charge on any atom is 0.197 e. The highest BCUT2D eigenvalue weighted by atomic mass is 16.3. The van der Waals surface area contributed by atoms with E-state index in [0.29, 0.717) is 34.2 Å². The van der Waals surface area contributed by atoms with Gasteiger partial charge >= 0.3 is 0 Å². The summed E-state index contributed by atoms with van der Waals surface area (Å²) >= 11 is 0. The fourth-order valence-corrected chi connectivity index (χ4v) is 6.75. The van der Waals surface area contributed by atoms with Crippen LogP contribution in [0.3, 0.4) is 0 Å². The second-order valence-corrected chi connectivity index (χ2v) is 12.4. The second-order valence-electron chi connectivity index (χ2n) is 12.4. The van der Waals surface area contributed by atoms with Crippen molar-refractivity contribution in [2.24, 2.45) is 5.41 Å². The summed E-state index contributed by atoms with van der Waals surface area (Å²) in [5.74, 6) is -0.564. The van der Waals surface area contributed by atoms with Gasteiger partial charge < -0.3 is 5.11 Å². The molecule has 3 aliphatic carbocycles. The Morgan fingerprint density at radius 2 is 1.29 bits per heavy atom. The Balaban J connectivity index is 1.17. The smallest absolute Gasteiger partial charge is 0.197 e. The van der Waals surface area contributed by atoms with Crippen molar-refractivity contribution in [3.05, 3.63) is 142 Å². The topological polar surface area (TPSA) is 71.4 Å². The first kappa shape index (κ1) is 26.2. The van der Waals surface area contributed by atoms with Gasteiger partial charge in [-0.3, -0.25) is 14.4 Å². The van der Waals surface area contributed by atoms with Gasteiger partial charge in [-0.05, 0) is 81.6 Å². The number of allylic oxidation sites excluding steroid dienone is 7. The summed E-state index contributed by atoms with van der Waals surface area (Å²) in [7, 11) is 0. The van der Waals surface area contributed by atoms with Crippen molar-refractivity contribution < 1.29 is 19.5 Å². The maximum atomic E-state index is 13.3. The van der Waals surface area contributed by atoms with Crippen molar-refractivity contribution in [1.29, 1.82) is 0 Å². The highest BCUT2D eigenvalue weighted by Crippen LogP contribution is 2.41. The monoisotopic (exact) mass is 550 g/mol. The van der Waals surface area contributed by atoms with E-state index in [1.54, 1.807) is 12.2 Å². The Bertz CT molecular complexity index is 1940. The molecule has 0 fully saturated rings. The molecule has 0 aliphatic heterocycles. The molecule has 0 radical (unpaired) electrons. The molecule has 7 rings (SSSR count). The molecule has 0 bridgehead atoms. The molecular weight excluding hydrogens is 520 g/mol. The number of hydrogen-bond acceptors (Lipinski definition) is 4. The van der Waals surface area contributed by atoms with Crippen LogP contribution in [0.2, 0.25) is 0 Å². The fourth-order valence-electron chi connectivity index (χ4n) is 6.75. The van der Waals surface area contributed by atoms with Gasteiger partial charge in [-0.1, -0.05) is 92.3 Å². The Morgan fingerprint density at radius 3 is 1.88 bits per heavy atom. The molecule has 4 nitrogen and oxygen atoms in total. The zero-order valence-electron chi connectivity index (χ0n) is 23.6. The lowest BCUT2D eigenvalue weighted by atomic mass is 9.74. The Hall–Kier alpha value is -4.67. The number of hydrogen-bond donors (Lipinski definition) is 1. The average molecular weight is 551 g/mol. The minimum atomic E-state index is -0.962. The quantitative estimate of drug-likeness (QED) is 0.206. The number of carbonyl (C=O) groups is 3. The second kappa shape index (κ2) is 9.71. The van der Waals surface area contributed by atoms with Gasteiger partial charge in [-0.15, -0.1) is 0 Å². The molecule has 4 aromatic carbocycles. The van der Waals surface area contributed by atoms with Gasteiger partial charge in [0.25, 0.3) is 0 Å². The Labute approximate surface area is 244 Å². The van der Waals surface area contributed by atoms with Crippen LogP contribution in [0.15, 0.2) is 119 Å². The van der Waals surface area contributed by atoms with Crippen LogP contribution in [0, 0.1) is 5.41 Å². The molecule has 4 heteroatoms. The maximum absolute atomic E-state index is 13.3. The van der Waals surface area contributed by atoms with Crippen LogP contribution in [-0.2, 0) is 0 Å². The number of fused-ring (bicyclic) bond motifs is 4. The fraction of sp³-hybridized carbons (Fsp3) is 0.184. The van der Waals surface area contributed by atoms with E-state index < -0.39 is 6.10 Å². The van der Waals surface area contributed by atoms with Crippen molar-refractivity contribution in [3.63, 3.8) is 0 Å². The van der Waals surface area contributed by atoms with Gasteiger partial charge in [0.15, 0.2) is 17.3 Å². The van der Waals surface area contributed by atoms with Gasteiger partial charge in [-0.25, -0.2) is 0 Å². The standard InChI is InChI=1S/C38H30O4/c1-38(2)20-22(11-13-28-34(39)30-16-24-7-3-4-8-25(24)17-31(30)35(28)40)15-23(21-38)12-14-29-36(41)32-18-26-9-5-6-10-27(26)19-33(32)37(29)42/h3-11,13-19,34,39H,12,20-21H2,1-2H3. The summed E-state index contributed by atoms with van der Waals surface area (Å²) < 4.78 is 0. The van der Waals surface area contributed by atoms with Crippen molar-refractivity contribution in [1.82, 2.24) is 0 Å². The predicted molar refractivity (Wildman–Crippen MR) is 166 cm³/mol. The summed E-state index contributed by atoms with van der Waals surface area (Å²) in [5, 5.41) is 14.9. The van der Waals surface area contributed by atoms with Crippen LogP contribution in [0.4, 0.5) is 0 Å². The first-order valence-electron chi connectivity index (χ1n) is 14.4. The number of aliphatic hydroxyl groups excluding tert-OH is 1. The SMILES string of the molecule is CC1(C)CC(=CC=C2C(=O)c3cc4ccccc4cc3C2O)C=C(CC=C2C(=O)c3cc4ccccc4cc3C2=O)C1. The van der Waals surface area contributed by atoms with E-state index in [-0.39, 0.29) is 28.3 Å². The lowest BCUT2D eigenvalue weighted by molar-refractivity contribution is 0.0983. The molecule has 0 saturated heterocycles. The molecule has 1 unspecified atom stereocenters. The van der Waals surface area contributed by atoms with Crippen molar-refractivity contribution in [3.8, 4) is 0 Å². The minimum absolute atomic E-state index is 0.0314. The van der Waals surface area contributed by atoms with Crippen LogP contribution >= 0.6 is 0 Å². The predicted octanol–water partition coefficient (Wildman–Crippen LogP) is 8.22. The van der Waals surface area contributed by atoms with E-state index in [1.807, 2.05) is 78.9 Å². The molecule has 206 valence electrons. The van der Waals surface area contributed by atoms with E-state index in [9.17, 15) is 19.5 Å². The van der Waals surface area contributed by atoms with Gasteiger partial charge in [0, 0.05) is 22.3 Å². The Kier molecular flexibility index (Phi) is 6.07. The molecule has 0 amide bonds. The number of Topliss-reactive ketones (excluding diaryl/α,β-unsaturated/α-hetero) is 3. The van der Waals surface area contributed by atoms with Crippen LogP contribution < -0.4 is 0 Å². The summed E-state index contributed by atoms with van der Waals surface area (Å²) in [6.45, 7) is 4.39. The highest BCUT2D eigenvalue weighted by molar-refractivity contribution is 6.40. The number of carbonyl (C=O) groups excluding carboxylic acids is 3. The van der Waals surface area contributed by atoms with Crippen molar-refractivity contribution in [2.45, 2.75) is 39.2 Å². The lowest BCUT2D eigenvalue weighted by Gasteiger charge is -2.31. The van der Waals surface area contributed by atoms with E-state index in [2.05, 4.69) is 19.9 Å². The first-order chi connectivity index (χ1) is 20.2. The van der Waals surface area contributed by atoms with Crippen LogP contribution in [0.25, 0.3) is 21.5 Å². The minimum Gasteiger partial charge on any atom is -0.383 e. The summed E-state index contributed by atoms with van der Waals surface area (Å²) in [4.78, 5) is 39.7. The molecule has 1 atom stereocenters. The third-order valence-corrected chi connectivity index (χ3v) is 8.70. The zero-order valence-corrected chi connectivity index (χ0v) is 23.6. The molecular formula is C38H30O4. The summed E-state index contributed by atoms with van der Waals surface area (Å²) in [6, 6.07) is 23.0. The normalized spacial score (nSPS) is 21.4. The third-order valence-electron chi connectivity index (χ3n) is 8.70. The summed E-state index contributed by atoms with van der Waals surface area (Å²) in [5.41, 5.74) is 4.91. The summed E-state index contributed by atoms with van der Waals surface area (Å²) in [6.07, 6.45) is 8.77. The van der Waals surface area contributed by atoms with E-state index in [1.165, 1.54) is 0 Å². The average Bonchev–Trinajstić information content (AvgIpc) is 3.34. The lowest BCUT2D eigenvalue weighted by Crippen LogP contribution is -2.17. The van der Waals surface area contributed by atoms with Crippen molar-refractivity contribution in [2.75, 3.05) is 0 Å². The van der Waals surface area contributed by atoms with E-state index in [0.717, 1.165) is 45.5 Å². The highest BCUT2D eigenvalue weighted by Gasteiger charge is 2.35. The van der Waals surface area contributed by atoms with Crippen LogP contribution in [0.5, 0.6) is 0 Å². The van der Waals surface area contributed by atoms with Gasteiger partial charge in [0.05, 0.1) is 5.57 Å². The molecule has 42 heavy (non-hydrogen) atoms. The largest absolute Gasteiger partial charge is 0.383 e. The third kappa shape index (κ3) is 4.40. The van der Waals surface area contributed by atoms with Crippen molar-refractivity contribution >= 4 is 38.9 Å². The number of benzene rings is 4. The van der Waals surface area contributed by atoms with Gasteiger partial charge in [0.1, 0.15) is 6.10 Å². The molecule has 3 aliphatic rings. The molecule has 0 saturated carbocycles. The number of aliphatic hydroxyl groups is 1. The zero-order chi connectivity index (χ0) is 29.2. The van der Waals surface area contributed by atoms with Crippen LogP contribution in [0.1, 0.15) is 75.9 Å². The first-order valence-corrected chi connectivity index (χ1v) is 14.4. The van der Waals surface area contributed by atoms with E-state index >= 15 is 0 Å². The number of ketones is 3. The van der Waals surface area contributed by atoms with Gasteiger partial charge in [-0.2, -0.15) is 0 Å². The molecule has 0 heterocycles. The Morgan fingerprint density at radius 1 is 0.738 bits per heavy atom. The molecule has 0 spiro atoms. The molecule has 1 N–H and O–H groups in total. The molecule has 4 aromatic rings. The number of rotatable bonds is 3. The molecule has 0 aromatic heterocycles.